The summed E-state index contributed by atoms with van der Waals surface area (Å²) in [6.07, 6.45) is 1.66. The summed E-state index contributed by atoms with van der Waals surface area (Å²) in [4.78, 5) is 32.8. The van der Waals surface area contributed by atoms with Gasteiger partial charge in [-0.05, 0) is 53.4 Å². The number of anilines is 4. The number of hydrogen-bond acceptors (Lipinski definition) is 8. The Morgan fingerprint density at radius 1 is 0.878 bits per heavy atom. The van der Waals surface area contributed by atoms with E-state index in [2.05, 4.69) is 15.6 Å². The van der Waals surface area contributed by atoms with Crippen LogP contribution in [0.1, 0.15) is 36.7 Å². The number of nitrogens with one attached hydrogen (secondary N) is 2. The van der Waals surface area contributed by atoms with Crippen LogP contribution in [0.25, 0.3) is 10.8 Å². The Kier molecular flexibility index (Phi) is 9.28. The molecule has 1 aliphatic rings. The Balaban J connectivity index is 1.40. The molecule has 49 heavy (non-hydrogen) atoms. The van der Waals surface area contributed by atoms with Crippen molar-refractivity contribution in [1.29, 1.82) is 0 Å². The standard InChI is InChI=1S/C38H39N5O6/c1-38(2,3)23-17-30(36(44)42-25-21-48-22-25)35(47-5)32(18-23)43(37(39)45)31-13-14-33(29-12-7-6-11-28(29)31)49-27-15-16-40-34(20-27)41-24-9-8-10-26(19-24)46-4/h6-20,25H,21-22H2,1-5H3,(H2,39,45)(H,40,41)(H,42,44). The number of ether oxygens (including phenoxy) is 4. The zero-order valence-electron chi connectivity index (χ0n) is 28.1. The molecule has 11 heteroatoms. The van der Waals surface area contributed by atoms with Gasteiger partial charge in [0.2, 0.25) is 0 Å². The maximum Gasteiger partial charge on any atom is 0.324 e. The number of methoxy groups -OCH3 is 2. The number of carbonyl (C=O) groups excluding carboxylic acids is 2. The number of pyridine rings is 1. The first-order valence-electron chi connectivity index (χ1n) is 15.8. The first kappa shape index (κ1) is 33.1. The first-order valence-corrected chi connectivity index (χ1v) is 15.8. The number of fused-ring (bicyclic) bond motifs is 1. The fraction of sp³-hybridized carbons (Fsp3) is 0.237. The highest BCUT2D eigenvalue weighted by molar-refractivity contribution is 6.11. The summed E-state index contributed by atoms with van der Waals surface area (Å²) in [5.74, 6) is 2.31. The van der Waals surface area contributed by atoms with Crippen molar-refractivity contribution < 1.29 is 28.5 Å². The Morgan fingerprint density at radius 3 is 2.33 bits per heavy atom. The molecule has 1 saturated heterocycles. The number of primary amides is 1. The molecule has 0 unspecified atom stereocenters. The molecular formula is C38H39N5O6. The topological polar surface area (TPSA) is 137 Å². The van der Waals surface area contributed by atoms with Crippen molar-refractivity contribution in [3.8, 4) is 23.0 Å². The molecule has 0 spiro atoms. The molecule has 0 saturated carbocycles. The third-order valence-corrected chi connectivity index (χ3v) is 8.22. The second kappa shape index (κ2) is 13.7. The number of hydrogen-bond donors (Lipinski definition) is 3. The van der Waals surface area contributed by atoms with Crippen LogP contribution in [0.15, 0.2) is 91.1 Å². The van der Waals surface area contributed by atoms with Crippen molar-refractivity contribution in [2.75, 3.05) is 37.7 Å². The van der Waals surface area contributed by atoms with Crippen LogP contribution in [0.3, 0.4) is 0 Å². The van der Waals surface area contributed by atoms with Gasteiger partial charge in [-0.3, -0.25) is 9.69 Å². The van der Waals surface area contributed by atoms with E-state index in [9.17, 15) is 9.59 Å². The minimum atomic E-state index is -0.746. The largest absolute Gasteiger partial charge is 0.497 e. The molecule has 0 bridgehead atoms. The lowest BCUT2D eigenvalue weighted by Crippen LogP contribution is -2.48. The number of amides is 3. The van der Waals surface area contributed by atoms with Crippen molar-refractivity contribution in [2.24, 2.45) is 5.73 Å². The molecule has 0 atom stereocenters. The van der Waals surface area contributed by atoms with Gasteiger partial charge in [0.15, 0.2) is 5.75 Å². The van der Waals surface area contributed by atoms with Crippen molar-refractivity contribution in [3.05, 3.63) is 102 Å². The Hall–Kier alpha value is -5.81. The molecule has 4 aromatic carbocycles. The summed E-state index contributed by atoms with van der Waals surface area (Å²) in [7, 11) is 3.09. The number of aromatic nitrogens is 1. The van der Waals surface area contributed by atoms with E-state index in [0.29, 0.717) is 52.9 Å². The van der Waals surface area contributed by atoms with Gasteiger partial charge < -0.3 is 35.3 Å². The molecule has 1 aromatic heterocycles. The van der Waals surface area contributed by atoms with E-state index in [1.54, 1.807) is 43.6 Å². The van der Waals surface area contributed by atoms with Crippen molar-refractivity contribution in [1.82, 2.24) is 10.3 Å². The quantitative estimate of drug-likeness (QED) is 0.141. The third kappa shape index (κ3) is 7.07. The van der Waals surface area contributed by atoms with Crippen LogP contribution in [-0.2, 0) is 10.2 Å². The highest BCUT2D eigenvalue weighted by atomic mass is 16.5. The number of benzene rings is 4. The summed E-state index contributed by atoms with van der Waals surface area (Å²) in [6, 6.07) is 25.0. The summed E-state index contributed by atoms with van der Waals surface area (Å²) < 4.78 is 22.8. The predicted molar refractivity (Wildman–Crippen MR) is 190 cm³/mol. The van der Waals surface area contributed by atoms with Crippen LogP contribution in [-0.4, -0.2) is 50.4 Å². The summed E-state index contributed by atoms with van der Waals surface area (Å²) in [6.45, 7) is 6.98. The van der Waals surface area contributed by atoms with Crippen molar-refractivity contribution in [3.63, 3.8) is 0 Å². The van der Waals surface area contributed by atoms with Crippen LogP contribution in [0.2, 0.25) is 0 Å². The van der Waals surface area contributed by atoms with Crippen LogP contribution < -0.4 is 35.5 Å². The maximum absolute atomic E-state index is 13.6. The van der Waals surface area contributed by atoms with Gasteiger partial charge in [0.1, 0.15) is 23.1 Å². The van der Waals surface area contributed by atoms with Gasteiger partial charge in [-0.1, -0.05) is 51.1 Å². The van der Waals surface area contributed by atoms with E-state index < -0.39 is 6.03 Å². The number of nitrogens with zero attached hydrogens (tertiary/aromatic N) is 2. The number of nitrogens with two attached hydrogens (primary N) is 1. The van der Waals surface area contributed by atoms with Gasteiger partial charge >= 0.3 is 6.03 Å². The Bertz CT molecular complexity index is 2020. The first-order chi connectivity index (χ1) is 23.5. The number of urea groups is 1. The molecule has 5 aromatic rings. The molecule has 6 rings (SSSR count). The van der Waals surface area contributed by atoms with Crippen LogP contribution in [0, 0.1) is 0 Å². The second-order valence-electron chi connectivity index (χ2n) is 12.7. The van der Waals surface area contributed by atoms with E-state index in [4.69, 9.17) is 24.7 Å². The van der Waals surface area contributed by atoms with E-state index >= 15 is 0 Å². The van der Waals surface area contributed by atoms with Crippen LogP contribution >= 0.6 is 0 Å². The van der Waals surface area contributed by atoms with Crippen molar-refractivity contribution in [2.45, 2.75) is 32.2 Å². The van der Waals surface area contributed by atoms with Gasteiger partial charge in [-0.15, -0.1) is 0 Å². The van der Waals surface area contributed by atoms with Gasteiger partial charge in [0, 0.05) is 34.8 Å². The fourth-order valence-corrected chi connectivity index (χ4v) is 5.60. The molecule has 11 nitrogen and oxygen atoms in total. The zero-order valence-corrected chi connectivity index (χ0v) is 28.1. The molecule has 3 amide bonds. The average Bonchev–Trinajstić information content (AvgIpc) is 3.06. The molecular weight excluding hydrogens is 622 g/mol. The molecule has 0 aliphatic carbocycles. The minimum Gasteiger partial charge on any atom is -0.497 e. The Morgan fingerprint density at radius 2 is 1.65 bits per heavy atom. The molecule has 4 N–H and O–H groups in total. The van der Waals surface area contributed by atoms with Crippen LogP contribution in [0.4, 0.5) is 27.7 Å². The van der Waals surface area contributed by atoms with E-state index in [0.717, 1.165) is 22.4 Å². The maximum atomic E-state index is 13.6. The fourth-order valence-electron chi connectivity index (χ4n) is 5.60. The van der Waals surface area contributed by atoms with E-state index in [1.807, 2.05) is 75.4 Å². The molecule has 1 aliphatic heterocycles. The minimum absolute atomic E-state index is 0.100. The normalized spacial score (nSPS) is 12.9. The average molecular weight is 662 g/mol. The van der Waals surface area contributed by atoms with Gasteiger partial charge in [-0.2, -0.15) is 0 Å². The number of rotatable bonds is 10. The van der Waals surface area contributed by atoms with Crippen molar-refractivity contribution >= 4 is 45.6 Å². The van der Waals surface area contributed by atoms with Gasteiger partial charge in [0.25, 0.3) is 5.91 Å². The summed E-state index contributed by atoms with van der Waals surface area (Å²) in [5, 5.41) is 7.70. The highest BCUT2D eigenvalue weighted by Gasteiger charge is 2.31. The molecule has 252 valence electrons. The zero-order chi connectivity index (χ0) is 34.7. The smallest absolute Gasteiger partial charge is 0.324 e. The van der Waals surface area contributed by atoms with E-state index in [-0.39, 0.29) is 23.1 Å². The lowest BCUT2D eigenvalue weighted by Gasteiger charge is -2.30. The monoisotopic (exact) mass is 661 g/mol. The number of carbonyl (C=O) groups is 2. The summed E-state index contributed by atoms with van der Waals surface area (Å²) >= 11 is 0. The lowest BCUT2D eigenvalue weighted by atomic mass is 9.85. The lowest BCUT2D eigenvalue weighted by molar-refractivity contribution is -0.00350. The van der Waals surface area contributed by atoms with Gasteiger partial charge in [0.05, 0.1) is 50.4 Å². The third-order valence-electron chi connectivity index (χ3n) is 8.22. The Labute approximate surface area is 284 Å². The summed E-state index contributed by atoms with van der Waals surface area (Å²) in [5.41, 5.74) is 8.53. The van der Waals surface area contributed by atoms with Crippen LogP contribution in [0.5, 0.6) is 23.0 Å². The highest BCUT2D eigenvalue weighted by Crippen LogP contribution is 2.44. The molecule has 1 fully saturated rings. The molecule has 0 radical (unpaired) electrons. The predicted octanol–water partition coefficient (Wildman–Crippen LogP) is 7.43. The molecule has 2 heterocycles. The second-order valence-corrected chi connectivity index (χ2v) is 12.7. The van der Waals surface area contributed by atoms with E-state index in [1.165, 1.54) is 12.0 Å². The SMILES string of the molecule is COc1cccc(Nc2cc(Oc3ccc(N(C(N)=O)c4cc(C(C)(C)C)cc(C(=O)NC5COC5)c4OC)c4ccccc34)ccn2)c1. The van der Waals surface area contributed by atoms with Gasteiger partial charge in [-0.25, -0.2) is 9.78 Å².